The van der Waals surface area contributed by atoms with Gasteiger partial charge in [-0.05, 0) is 24.1 Å². The molecule has 2 heterocycles. The quantitative estimate of drug-likeness (QED) is 0.896. The van der Waals surface area contributed by atoms with Gasteiger partial charge in [-0.3, -0.25) is 4.79 Å². The van der Waals surface area contributed by atoms with Gasteiger partial charge in [0.1, 0.15) is 0 Å². The van der Waals surface area contributed by atoms with Crippen LogP contribution in [0.1, 0.15) is 15.9 Å². The lowest BCUT2D eigenvalue weighted by Crippen LogP contribution is -2.37. The van der Waals surface area contributed by atoms with Gasteiger partial charge in [-0.25, -0.2) is 9.97 Å². The Morgan fingerprint density at radius 1 is 1.25 bits per heavy atom. The summed E-state index contributed by atoms with van der Waals surface area (Å²) in [5.74, 6) is 0.458. The van der Waals surface area contributed by atoms with Crippen LogP contribution in [0.4, 0.5) is 5.95 Å². The number of halogens is 1. The van der Waals surface area contributed by atoms with Crippen molar-refractivity contribution >= 4 is 23.5 Å². The molecule has 0 bridgehead atoms. The van der Waals surface area contributed by atoms with Crippen molar-refractivity contribution < 1.29 is 9.53 Å². The zero-order valence-corrected chi connectivity index (χ0v) is 14.0. The summed E-state index contributed by atoms with van der Waals surface area (Å²) in [5.41, 5.74) is 1.54. The lowest BCUT2D eigenvalue weighted by molar-refractivity contribution is 0.0953. The summed E-state index contributed by atoms with van der Waals surface area (Å²) in [6.45, 7) is 3.42. The third-order valence-electron chi connectivity index (χ3n) is 3.78. The molecule has 2 aromatic rings. The van der Waals surface area contributed by atoms with Crippen LogP contribution in [0.25, 0.3) is 0 Å². The van der Waals surface area contributed by atoms with Crippen LogP contribution >= 0.6 is 11.6 Å². The summed E-state index contributed by atoms with van der Waals surface area (Å²) >= 11 is 5.95. The van der Waals surface area contributed by atoms with E-state index < -0.39 is 0 Å². The summed E-state index contributed by atoms with van der Waals surface area (Å²) in [6, 6.07) is 7.61. The second-order valence-corrected chi connectivity index (χ2v) is 5.94. The highest BCUT2D eigenvalue weighted by atomic mass is 35.5. The van der Waals surface area contributed by atoms with E-state index in [0.29, 0.717) is 36.3 Å². The standard InChI is InChI=1S/C17H19ClN4O2/c18-15-3-1-2-13(10-15)4-5-19-16(23)14-11-20-17(21-12-14)22-6-8-24-9-7-22/h1-3,10-12H,4-9H2,(H,19,23). The molecule has 3 rings (SSSR count). The fourth-order valence-corrected chi connectivity index (χ4v) is 2.69. The third-order valence-corrected chi connectivity index (χ3v) is 4.02. The number of morpholine rings is 1. The van der Waals surface area contributed by atoms with E-state index in [-0.39, 0.29) is 5.91 Å². The molecule has 0 unspecified atom stereocenters. The smallest absolute Gasteiger partial charge is 0.254 e. The minimum atomic E-state index is -0.175. The van der Waals surface area contributed by atoms with Crippen molar-refractivity contribution in [2.45, 2.75) is 6.42 Å². The summed E-state index contributed by atoms with van der Waals surface area (Å²) in [6.07, 6.45) is 3.85. The molecular formula is C17H19ClN4O2. The highest BCUT2D eigenvalue weighted by molar-refractivity contribution is 6.30. The lowest BCUT2D eigenvalue weighted by Gasteiger charge is -2.26. The fraction of sp³-hybridized carbons (Fsp3) is 0.353. The minimum Gasteiger partial charge on any atom is -0.378 e. The summed E-state index contributed by atoms with van der Waals surface area (Å²) in [7, 11) is 0. The first kappa shape index (κ1) is 16.7. The number of nitrogens with zero attached hydrogens (tertiary/aromatic N) is 3. The lowest BCUT2D eigenvalue weighted by atomic mass is 10.1. The van der Waals surface area contributed by atoms with Gasteiger partial charge >= 0.3 is 0 Å². The Hall–Kier alpha value is -2.18. The molecular weight excluding hydrogens is 328 g/mol. The molecule has 1 aliphatic heterocycles. The molecule has 6 nitrogen and oxygen atoms in total. The number of amides is 1. The Labute approximate surface area is 145 Å². The number of nitrogens with one attached hydrogen (secondary N) is 1. The Morgan fingerprint density at radius 3 is 2.71 bits per heavy atom. The molecule has 126 valence electrons. The van der Waals surface area contributed by atoms with Crippen molar-refractivity contribution in [1.29, 1.82) is 0 Å². The second-order valence-electron chi connectivity index (χ2n) is 5.51. The first-order valence-corrected chi connectivity index (χ1v) is 8.27. The largest absolute Gasteiger partial charge is 0.378 e. The normalized spacial score (nSPS) is 14.5. The molecule has 1 aromatic heterocycles. The van der Waals surface area contributed by atoms with Crippen molar-refractivity contribution in [1.82, 2.24) is 15.3 Å². The van der Waals surface area contributed by atoms with Gasteiger partial charge in [0.25, 0.3) is 5.91 Å². The first-order valence-electron chi connectivity index (χ1n) is 7.90. The molecule has 24 heavy (non-hydrogen) atoms. The van der Waals surface area contributed by atoms with Gasteiger partial charge in [0.2, 0.25) is 5.95 Å². The molecule has 0 aliphatic carbocycles. The zero-order valence-electron chi connectivity index (χ0n) is 13.2. The van der Waals surface area contributed by atoms with Crippen LogP contribution in [0.2, 0.25) is 5.02 Å². The minimum absolute atomic E-state index is 0.175. The number of anilines is 1. The molecule has 7 heteroatoms. The Bertz CT molecular complexity index is 687. The van der Waals surface area contributed by atoms with Crippen molar-refractivity contribution in [3.63, 3.8) is 0 Å². The highest BCUT2D eigenvalue weighted by Gasteiger charge is 2.14. The Balaban J connectivity index is 1.51. The number of hydrogen-bond acceptors (Lipinski definition) is 5. The van der Waals surface area contributed by atoms with Gasteiger partial charge in [0.15, 0.2) is 0 Å². The highest BCUT2D eigenvalue weighted by Crippen LogP contribution is 2.11. The summed E-state index contributed by atoms with van der Waals surface area (Å²) in [4.78, 5) is 22.7. The molecule has 0 saturated carbocycles. The third kappa shape index (κ3) is 4.43. The van der Waals surface area contributed by atoms with Crippen molar-refractivity contribution in [2.75, 3.05) is 37.7 Å². The van der Waals surface area contributed by atoms with Gasteiger partial charge in [-0.1, -0.05) is 23.7 Å². The van der Waals surface area contributed by atoms with E-state index in [1.54, 1.807) is 12.4 Å². The molecule has 1 aliphatic rings. The predicted molar refractivity (Wildman–Crippen MR) is 92.6 cm³/mol. The molecule has 0 radical (unpaired) electrons. The average molecular weight is 347 g/mol. The number of carbonyl (C=O) groups excluding carboxylic acids is 1. The maximum Gasteiger partial charge on any atom is 0.254 e. The van der Waals surface area contributed by atoms with E-state index in [1.165, 1.54) is 0 Å². The Morgan fingerprint density at radius 2 is 2.00 bits per heavy atom. The van der Waals surface area contributed by atoms with Gasteiger partial charge in [0.05, 0.1) is 18.8 Å². The van der Waals surface area contributed by atoms with E-state index >= 15 is 0 Å². The van der Waals surface area contributed by atoms with E-state index in [1.807, 2.05) is 29.2 Å². The van der Waals surface area contributed by atoms with Crippen molar-refractivity contribution in [3.8, 4) is 0 Å². The maximum atomic E-state index is 12.1. The van der Waals surface area contributed by atoms with Gasteiger partial charge in [-0.15, -0.1) is 0 Å². The number of ether oxygens (including phenoxy) is 1. The fourth-order valence-electron chi connectivity index (χ4n) is 2.48. The van der Waals surface area contributed by atoms with Gasteiger partial charge in [0, 0.05) is 37.1 Å². The van der Waals surface area contributed by atoms with E-state index in [4.69, 9.17) is 16.3 Å². The topological polar surface area (TPSA) is 67.4 Å². The van der Waals surface area contributed by atoms with E-state index in [2.05, 4.69) is 15.3 Å². The maximum absolute atomic E-state index is 12.1. The number of benzene rings is 1. The van der Waals surface area contributed by atoms with Crippen LogP contribution in [-0.4, -0.2) is 48.7 Å². The monoisotopic (exact) mass is 346 g/mol. The number of aromatic nitrogens is 2. The zero-order chi connectivity index (χ0) is 16.8. The van der Waals surface area contributed by atoms with Gasteiger partial charge in [-0.2, -0.15) is 0 Å². The predicted octanol–water partition coefficient (Wildman–Crippen LogP) is 1.94. The molecule has 0 atom stereocenters. The van der Waals surface area contributed by atoms with Gasteiger partial charge < -0.3 is 15.0 Å². The second kappa shape index (κ2) is 8.08. The van der Waals surface area contributed by atoms with Crippen molar-refractivity contribution in [3.05, 3.63) is 52.8 Å². The van der Waals surface area contributed by atoms with Crippen LogP contribution in [0.3, 0.4) is 0 Å². The Kier molecular flexibility index (Phi) is 5.61. The molecule has 0 spiro atoms. The van der Waals surface area contributed by atoms with Crippen LogP contribution in [0, 0.1) is 0 Å². The molecule has 1 amide bonds. The first-order chi connectivity index (χ1) is 11.7. The SMILES string of the molecule is O=C(NCCc1cccc(Cl)c1)c1cnc(N2CCOCC2)nc1. The summed E-state index contributed by atoms with van der Waals surface area (Å²) < 4.78 is 5.30. The number of carbonyl (C=O) groups is 1. The molecule has 1 N–H and O–H groups in total. The van der Waals surface area contributed by atoms with Crippen LogP contribution < -0.4 is 10.2 Å². The number of hydrogen-bond donors (Lipinski definition) is 1. The average Bonchev–Trinajstić information content (AvgIpc) is 2.63. The molecule has 1 fully saturated rings. The van der Waals surface area contributed by atoms with E-state index in [9.17, 15) is 4.79 Å². The molecule has 1 saturated heterocycles. The van der Waals surface area contributed by atoms with E-state index in [0.717, 1.165) is 25.1 Å². The summed E-state index contributed by atoms with van der Waals surface area (Å²) in [5, 5.41) is 3.57. The van der Waals surface area contributed by atoms with Crippen molar-refractivity contribution in [2.24, 2.45) is 0 Å². The van der Waals surface area contributed by atoms with Crippen LogP contribution in [0.5, 0.6) is 0 Å². The molecule has 1 aromatic carbocycles. The van der Waals surface area contributed by atoms with Crippen LogP contribution in [0.15, 0.2) is 36.7 Å². The number of rotatable bonds is 5. The van der Waals surface area contributed by atoms with Crippen LogP contribution in [-0.2, 0) is 11.2 Å².